The molecule has 100 valence electrons. The van der Waals surface area contributed by atoms with E-state index < -0.39 is 0 Å². The molecule has 4 heteroatoms. The molecule has 0 aliphatic heterocycles. The highest BCUT2D eigenvalue weighted by Crippen LogP contribution is 2.10. The molecule has 0 radical (unpaired) electrons. The number of carbonyl (C=O) groups is 1. The van der Waals surface area contributed by atoms with E-state index in [1.807, 2.05) is 0 Å². The third kappa shape index (κ3) is 5.74. The second kappa shape index (κ2) is 8.38. The highest BCUT2D eigenvalue weighted by Gasteiger charge is 2.00. The van der Waals surface area contributed by atoms with Crippen molar-refractivity contribution in [2.24, 2.45) is 0 Å². The number of unbranched alkanes of at least 4 members (excludes halogenated alkanes) is 1. The van der Waals surface area contributed by atoms with Gasteiger partial charge in [0, 0.05) is 13.0 Å². The molecule has 1 aromatic rings. The molecular formula is C14H18BrFO2. The van der Waals surface area contributed by atoms with Gasteiger partial charge in [-0.25, -0.2) is 4.39 Å². The lowest BCUT2D eigenvalue weighted by Crippen LogP contribution is -2.01. The Labute approximate surface area is 116 Å². The largest absolute Gasteiger partial charge is 0.377 e. The Balaban J connectivity index is 2.14. The molecule has 0 spiro atoms. The van der Waals surface area contributed by atoms with Gasteiger partial charge in [-0.2, -0.15) is 0 Å². The summed E-state index contributed by atoms with van der Waals surface area (Å²) in [6, 6.07) is 4.99. The Morgan fingerprint density at radius 1 is 1.39 bits per heavy atom. The summed E-state index contributed by atoms with van der Waals surface area (Å²) in [5, 5.41) is 0.433. The maximum Gasteiger partial charge on any atom is 0.143 e. The lowest BCUT2D eigenvalue weighted by molar-refractivity contribution is -0.116. The third-order valence-electron chi connectivity index (χ3n) is 2.63. The van der Waals surface area contributed by atoms with E-state index in [-0.39, 0.29) is 11.6 Å². The van der Waals surface area contributed by atoms with Gasteiger partial charge in [-0.1, -0.05) is 28.1 Å². The van der Waals surface area contributed by atoms with Gasteiger partial charge in [0.2, 0.25) is 0 Å². The molecule has 0 aliphatic rings. The van der Waals surface area contributed by atoms with Gasteiger partial charge in [-0.15, -0.1) is 0 Å². The van der Waals surface area contributed by atoms with Crippen LogP contribution in [0.3, 0.4) is 0 Å². The van der Waals surface area contributed by atoms with Crippen molar-refractivity contribution >= 4 is 21.7 Å². The molecule has 0 fully saturated rings. The first-order valence-corrected chi connectivity index (χ1v) is 7.16. The first kappa shape index (κ1) is 15.3. The zero-order valence-electron chi connectivity index (χ0n) is 10.5. The Morgan fingerprint density at radius 3 is 2.83 bits per heavy atom. The van der Waals surface area contributed by atoms with Crippen LogP contribution in [0.5, 0.6) is 0 Å². The minimum atomic E-state index is -0.188. The minimum absolute atomic E-state index is 0.188. The molecule has 0 heterocycles. The number of benzene rings is 1. The Morgan fingerprint density at radius 2 is 2.17 bits per heavy atom. The van der Waals surface area contributed by atoms with E-state index in [2.05, 4.69) is 15.9 Å². The van der Waals surface area contributed by atoms with E-state index >= 15 is 0 Å². The van der Waals surface area contributed by atoms with Crippen LogP contribution in [-0.2, 0) is 16.1 Å². The van der Waals surface area contributed by atoms with E-state index in [1.54, 1.807) is 19.1 Å². The molecule has 0 N–H and O–H groups in total. The average molecular weight is 317 g/mol. The number of hydrogen-bond acceptors (Lipinski definition) is 2. The SMILES string of the molecule is Cc1cc(COCCCCC(=O)CBr)ccc1F. The van der Waals surface area contributed by atoms with Crippen LogP contribution in [0.1, 0.15) is 30.4 Å². The summed E-state index contributed by atoms with van der Waals surface area (Å²) < 4.78 is 18.5. The molecule has 18 heavy (non-hydrogen) atoms. The second-order valence-electron chi connectivity index (χ2n) is 4.27. The zero-order valence-corrected chi connectivity index (χ0v) is 12.1. The number of halogens is 2. The first-order valence-electron chi connectivity index (χ1n) is 6.04. The normalized spacial score (nSPS) is 10.6. The molecule has 0 bridgehead atoms. The fourth-order valence-electron chi connectivity index (χ4n) is 1.58. The molecule has 1 aromatic carbocycles. The smallest absolute Gasteiger partial charge is 0.143 e. The van der Waals surface area contributed by atoms with E-state index in [1.165, 1.54) is 6.07 Å². The van der Waals surface area contributed by atoms with E-state index in [0.29, 0.717) is 30.5 Å². The van der Waals surface area contributed by atoms with Crippen molar-refractivity contribution in [3.05, 3.63) is 35.1 Å². The van der Waals surface area contributed by atoms with Crippen LogP contribution in [0.15, 0.2) is 18.2 Å². The number of aryl methyl sites for hydroxylation is 1. The fraction of sp³-hybridized carbons (Fsp3) is 0.500. The van der Waals surface area contributed by atoms with Crippen LogP contribution in [0, 0.1) is 12.7 Å². The molecule has 2 nitrogen and oxygen atoms in total. The van der Waals surface area contributed by atoms with Crippen molar-refractivity contribution in [3.8, 4) is 0 Å². The standard InChI is InChI=1S/C14H18BrFO2/c1-11-8-12(5-6-14(11)16)10-18-7-3-2-4-13(17)9-15/h5-6,8H,2-4,7,9-10H2,1H3. The monoisotopic (exact) mass is 316 g/mol. The lowest BCUT2D eigenvalue weighted by Gasteiger charge is -2.05. The Kier molecular flexibility index (Phi) is 7.13. The molecule has 0 unspecified atom stereocenters. The highest BCUT2D eigenvalue weighted by atomic mass is 79.9. The maximum atomic E-state index is 13.0. The number of ketones is 1. The van der Waals surface area contributed by atoms with Crippen LogP contribution < -0.4 is 0 Å². The molecule has 0 aliphatic carbocycles. The minimum Gasteiger partial charge on any atom is -0.377 e. The molecular weight excluding hydrogens is 299 g/mol. The molecule has 0 amide bonds. The maximum absolute atomic E-state index is 13.0. The van der Waals surface area contributed by atoms with Crippen molar-refractivity contribution in [2.75, 3.05) is 11.9 Å². The van der Waals surface area contributed by atoms with Gasteiger partial charge in [0.1, 0.15) is 11.6 Å². The fourth-order valence-corrected chi connectivity index (χ4v) is 1.86. The van der Waals surface area contributed by atoms with Crippen molar-refractivity contribution in [2.45, 2.75) is 32.8 Å². The number of Topliss-reactive ketones (excluding diaryl/α,β-unsaturated/α-hetero) is 1. The van der Waals surface area contributed by atoms with E-state index in [4.69, 9.17) is 4.74 Å². The number of alkyl halides is 1. The number of carbonyl (C=O) groups excluding carboxylic acids is 1. The quantitative estimate of drug-likeness (QED) is 0.539. The van der Waals surface area contributed by atoms with Crippen LogP contribution in [0.25, 0.3) is 0 Å². The number of ether oxygens (including phenoxy) is 1. The van der Waals surface area contributed by atoms with Gasteiger partial charge in [0.25, 0.3) is 0 Å². The van der Waals surface area contributed by atoms with Crippen LogP contribution in [0.4, 0.5) is 4.39 Å². The van der Waals surface area contributed by atoms with Gasteiger partial charge >= 0.3 is 0 Å². The summed E-state index contributed by atoms with van der Waals surface area (Å²) in [6.07, 6.45) is 2.33. The summed E-state index contributed by atoms with van der Waals surface area (Å²) in [5.41, 5.74) is 1.62. The van der Waals surface area contributed by atoms with Crippen molar-refractivity contribution in [1.29, 1.82) is 0 Å². The lowest BCUT2D eigenvalue weighted by atomic mass is 10.1. The number of rotatable bonds is 8. The number of hydrogen-bond donors (Lipinski definition) is 0. The van der Waals surface area contributed by atoms with Crippen molar-refractivity contribution in [3.63, 3.8) is 0 Å². The molecule has 0 atom stereocenters. The van der Waals surface area contributed by atoms with Gasteiger partial charge in [0.05, 0.1) is 11.9 Å². The summed E-state index contributed by atoms with van der Waals surface area (Å²) in [6.45, 7) is 2.87. The van der Waals surface area contributed by atoms with Crippen LogP contribution >= 0.6 is 15.9 Å². The summed E-state index contributed by atoms with van der Waals surface area (Å²) in [5.74, 6) is 0.0381. The van der Waals surface area contributed by atoms with Gasteiger partial charge in [0.15, 0.2) is 0 Å². The Hall–Kier alpha value is -0.740. The first-order chi connectivity index (χ1) is 8.63. The van der Waals surface area contributed by atoms with Gasteiger partial charge in [-0.05, 0) is 37.0 Å². The van der Waals surface area contributed by atoms with E-state index in [9.17, 15) is 9.18 Å². The second-order valence-corrected chi connectivity index (χ2v) is 4.83. The zero-order chi connectivity index (χ0) is 13.4. The molecule has 0 aromatic heterocycles. The van der Waals surface area contributed by atoms with Crippen molar-refractivity contribution < 1.29 is 13.9 Å². The molecule has 1 rings (SSSR count). The molecule has 0 saturated heterocycles. The predicted molar refractivity (Wildman–Crippen MR) is 73.4 cm³/mol. The van der Waals surface area contributed by atoms with Crippen LogP contribution in [0.2, 0.25) is 0 Å². The Bertz CT molecular complexity index is 393. The average Bonchev–Trinajstić information content (AvgIpc) is 2.37. The summed E-state index contributed by atoms with van der Waals surface area (Å²) in [4.78, 5) is 11.0. The van der Waals surface area contributed by atoms with Gasteiger partial charge in [-0.3, -0.25) is 4.79 Å². The van der Waals surface area contributed by atoms with Crippen molar-refractivity contribution in [1.82, 2.24) is 0 Å². The van der Waals surface area contributed by atoms with E-state index in [0.717, 1.165) is 18.4 Å². The van der Waals surface area contributed by atoms with Crippen LogP contribution in [-0.4, -0.2) is 17.7 Å². The summed E-state index contributed by atoms with van der Waals surface area (Å²) >= 11 is 3.13. The van der Waals surface area contributed by atoms with Gasteiger partial charge < -0.3 is 4.74 Å². The molecule has 0 saturated carbocycles. The summed E-state index contributed by atoms with van der Waals surface area (Å²) in [7, 11) is 0. The topological polar surface area (TPSA) is 26.3 Å². The highest BCUT2D eigenvalue weighted by molar-refractivity contribution is 9.09. The third-order valence-corrected chi connectivity index (χ3v) is 3.26. The predicted octanol–water partition coefficient (Wildman–Crippen LogP) is 3.79.